The number of rotatable bonds is 4. The summed E-state index contributed by atoms with van der Waals surface area (Å²) in [6.45, 7) is 0.756. The predicted octanol–water partition coefficient (Wildman–Crippen LogP) is 5.79. The zero-order valence-electron chi connectivity index (χ0n) is 14.8. The van der Waals surface area contributed by atoms with E-state index in [9.17, 15) is 0 Å². The van der Waals surface area contributed by atoms with Crippen LogP contribution < -0.4 is 5.32 Å². The maximum Gasteiger partial charge on any atom is 0.0713 e. The van der Waals surface area contributed by atoms with E-state index in [0.717, 1.165) is 29.0 Å². The van der Waals surface area contributed by atoms with Crippen molar-refractivity contribution in [3.63, 3.8) is 0 Å². The van der Waals surface area contributed by atoms with Crippen LogP contribution in [0.25, 0.3) is 27.5 Å². The monoisotopic (exact) mass is 349 g/mol. The maximum atomic E-state index is 4.80. The first-order valence-corrected chi connectivity index (χ1v) is 9.12. The summed E-state index contributed by atoms with van der Waals surface area (Å²) >= 11 is 0. The van der Waals surface area contributed by atoms with Gasteiger partial charge in [-0.05, 0) is 54.1 Å². The molecule has 3 aromatic carbocycles. The van der Waals surface area contributed by atoms with E-state index in [0.29, 0.717) is 0 Å². The van der Waals surface area contributed by atoms with Crippen LogP contribution in [-0.2, 0) is 6.54 Å². The molecule has 3 heteroatoms. The molecule has 0 saturated carbocycles. The molecule has 27 heavy (non-hydrogen) atoms. The second-order valence-electron chi connectivity index (χ2n) is 6.62. The molecule has 0 amide bonds. The largest absolute Gasteiger partial charge is 0.381 e. The summed E-state index contributed by atoms with van der Waals surface area (Å²) in [5.74, 6) is 0. The number of nitrogens with zero attached hydrogens (tertiary/aromatic N) is 2. The number of para-hydroxylation sites is 2. The van der Waals surface area contributed by atoms with E-state index in [2.05, 4.69) is 82.9 Å². The quantitative estimate of drug-likeness (QED) is 0.416. The third kappa shape index (κ3) is 2.93. The third-order valence-electron chi connectivity index (χ3n) is 4.94. The second kappa shape index (κ2) is 6.61. The number of pyridine rings is 1. The smallest absolute Gasteiger partial charge is 0.0713 e. The van der Waals surface area contributed by atoms with Crippen LogP contribution in [0.2, 0.25) is 0 Å². The van der Waals surface area contributed by atoms with Gasteiger partial charge in [0.2, 0.25) is 0 Å². The van der Waals surface area contributed by atoms with Crippen LogP contribution in [0.15, 0.2) is 97.3 Å². The highest BCUT2D eigenvalue weighted by Crippen LogP contribution is 2.27. The summed E-state index contributed by atoms with van der Waals surface area (Å²) in [4.78, 5) is 4.80. The van der Waals surface area contributed by atoms with Gasteiger partial charge < -0.3 is 9.88 Å². The number of aromatic nitrogens is 2. The Morgan fingerprint density at radius 3 is 1.89 bits per heavy atom. The van der Waals surface area contributed by atoms with E-state index in [4.69, 9.17) is 4.98 Å². The van der Waals surface area contributed by atoms with Crippen LogP contribution in [0, 0.1) is 0 Å². The topological polar surface area (TPSA) is 29.9 Å². The Labute approximate surface area is 157 Å². The van der Waals surface area contributed by atoms with E-state index in [1.807, 2.05) is 24.3 Å². The van der Waals surface area contributed by atoms with Crippen molar-refractivity contribution in [2.45, 2.75) is 6.54 Å². The Hall–Kier alpha value is -3.59. The SMILES string of the molecule is c1ccc2c(CNc3ccc(-n4cccc4)cc3)c3ccccc3nc2c1. The molecule has 0 fully saturated rings. The second-order valence-corrected chi connectivity index (χ2v) is 6.62. The Morgan fingerprint density at radius 1 is 0.667 bits per heavy atom. The van der Waals surface area contributed by atoms with Crippen molar-refractivity contribution < 1.29 is 0 Å². The number of fused-ring (bicyclic) bond motifs is 2. The van der Waals surface area contributed by atoms with Gasteiger partial charge >= 0.3 is 0 Å². The molecule has 2 heterocycles. The molecule has 1 N–H and O–H groups in total. The molecule has 0 aliphatic carbocycles. The van der Waals surface area contributed by atoms with Gasteiger partial charge in [-0.25, -0.2) is 4.98 Å². The molecular weight excluding hydrogens is 330 g/mol. The molecule has 5 aromatic rings. The first kappa shape index (κ1) is 15.6. The van der Waals surface area contributed by atoms with Gasteiger partial charge in [0.1, 0.15) is 0 Å². The molecule has 0 atom stereocenters. The fourth-order valence-electron chi connectivity index (χ4n) is 3.57. The van der Waals surface area contributed by atoms with Crippen LogP contribution >= 0.6 is 0 Å². The molecule has 5 rings (SSSR count). The molecule has 2 aromatic heterocycles. The Morgan fingerprint density at radius 2 is 1.26 bits per heavy atom. The van der Waals surface area contributed by atoms with Crippen molar-refractivity contribution in [2.75, 3.05) is 5.32 Å². The highest BCUT2D eigenvalue weighted by atomic mass is 14.9. The van der Waals surface area contributed by atoms with Gasteiger partial charge in [0.15, 0.2) is 0 Å². The average Bonchev–Trinajstić information content (AvgIpc) is 3.26. The van der Waals surface area contributed by atoms with Crippen molar-refractivity contribution in [1.29, 1.82) is 0 Å². The zero-order chi connectivity index (χ0) is 18.1. The van der Waals surface area contributed by atoms with Gasteiger partial charge in [0.05, 0.1) is 11.0 Å². The summed E-state index contributed by atoms with van der Waals surface area (Å²) in [7, 11) is 0. The lowest BCUT2D eigenvalue weighted by Crippen LogP contribution is -2.02. The first-order chi connectivity index (χ1) is 13.4. The molecule has 0 saturated heterocycles. The van der Waals surface area contributed by atoms with Crippen molar-refractivity contribution in [3.8, 4) is 5.69 Å². The number of benzene rings is 3. The van der Waals surface area contributed by atoms with Crippen LogP contribution in [-0.4, -0.2) is 9.55 Å². The average molecular weight is 349 g/mol. The normalized spacial score (nSPS) is 11.1. The summed E-state index contributed by atoms with van der Waals surface area (Å²) in [5, 5.41) is 5.98. The van der Waals surface area contributed by atoms with Crippen molar-refractivity contribution in [3.05, 3.63) is 103 Å². The summed E-state index contributed by atoms with van der Waals surface area (Å²) in [5.41, 5.74) is 5.62. The van der Waals surface area contributed by atoms with E-state index >= 15 is 0 Å². The van der Waals surface area contributed by atoms with Crippen molar-refractivity contribution >= 4 is 27.5 Å². The van der Waals surface area contributed by atoms with E-state index in [-0.39, 0.29) is 0 Å². The number of nitrogens with one attached hydrogen (secondary N) is 1. The van der Waals surface area contributed by atoms with Gasteiger partial charge in [0, 0.05) is 41.1 Å². The lowest BCUT2D eigenvalue weighted by atomic mass is 10.0. The molecule has 130 valence electrons. The predicted molar refractivity (Wildman–Crippen MR) is 112 cm³/mol. The highest BCUT2D eigenvalue weighted by molar-refractivity contribution is 5.97. The molecule has 0 aliphatic heterocycles. The summed E-state index contributed by atoms with van der Waals surface area (Å²) in [6.07, 6.45) is 4.11. The third-order valence-corrected chi connectivity index (χ3v) is 4.94. The zero-order valence-corrected chi connectivity index (χ0v) is 14.8. The lowest BCUT2D eigenvalue weighted by Gasteiger charge is -2.13. The van der Waals surface area contributed by atoms with Gasteiger partial charge in [-0.1, -0.05) is 36.4 Å². The Kier molecular flexibility index (Phi) is 3.83. The molecule has 0 unspecified atom stereocenters. The Balaban J connectivity index is 1.49. The van der Waals surface area contributed by atoms with Crippen LogP contribution in [0.4, 0.5) is 5.69 Å². The van der Waals surface area contributed by atoms with Crippen molar-refractivity contribution in [2.24, 2.45) is 0 Å². The van der Waals surface area contributed by atoms with E-state index in [1.165, 1.54) is 16.3 Å². The van der Waals surface area contributed by atoms with Crippen molar-refractivity contribution in [1.82, 2.24) is 9.55 Å². The van der Waals surface area contributed by atoms with Crippen LogP contribution in [0.5, 0.6) is 0 Å². The number of hydrogen-bond acceptors (Lipinski definition) is 2. The van der Waals surface area contributed by atoms with Gasteiger partial charge in [-0.2, -0.15) is 0 Å². The lowest BCUT2D eigenvalue weighted by molar-refractivity contribution is 1.08. The molecule has 3 nitrogen and oxygen atoms in total. The van der Waals surface area contributed by atoms with Gasteiger partial charge in [-0.15, -0.1) is 0 Å². The Bertz CT molecular complexity index is 1150. The molecule has 0 radical (unpaired) electrons. The minimum atomic E-state index is 0.756. The summed E-state index contributed by atoms with van der Waals surface area (Å²) in [6, 6.07) is 29.3. The minimum Gasteiger partial charge on any atom is -0.381 e. The van der Waals surface area contributed by atoms with Gasteiger partial charge in [0.25, 0.3) is 0 Å². The highest BCUT2D eigenvalue weighted by Gasteiger charge is 2.08. The van der Waals surface area contributed by atoms with Crippen LogP contribution in [0.3, 0.4) is 0 Å². The van der Waals surface area contributed by atoms with Gasteiger partial charge in [-0.3, -0.25) is 0 Å². The number of hydrogen-bond donors (Lipinski definition) is 1. The van der Waals surface area contributed by atoms with E-state index < -0.39 is 0 Å². The molecule has 0 spiro atoms. The summed E-state index contributed by atoms with van der Waals surface area (Å²) < 4.78 is 2.10. The fourth-order valence-corrected chi connectivity index (χ4v) is 3.57. The number of anilines is 1. The standard InChI is InChI=1S/C24H19N3/c1-3-9-23-20(7-1)22(21-8-2-4-10-24(21)26-23)17-25-18-11-13-19(14-12-18)27-15-5-6-16-27/h1-16,25H,17H2. The molecule has 0 aliphatic rings. The fraction of sp³-hybridized carbons (Fsp3) is 0.0417. The van der Waals surface area contributed by atoms with Crippen LogP contribution in [0.1, 0.15) is 5.56 Å². The molecule has 0 bridgehead atoms. The first-order valence-electron chi connectivity index (χ1n) is 9.12. The maximum absolute atomic E-state index is 4.80. The van der Waals surface area contributed by atoms with E-state index in [1.54, 1.807) is 0 Å². The minimum absolute atomic E-state index is 0.756. The molecular formula is C24H19N3.